The van der Waals surface area contributed by atoms with Crippen molar-refractivity contribution in [3.63, 3.8) is 0 Å². The predicted molar refractivity (Wildman–Crippen MR) is 114 cm³/mol. The lowest BCUT2D eigenvalue weighted by molar-refractivity contribution is -0.116. The van der Waals surface area contributed by atoms with E-state index in [0.717, 1.165) is 28.1 Å². The van der Waals surface area contributed by atoms with Crippen LogP contribution in [0.1, 0.15) is 23.6 Å². The van der Waals surface area contributed by atoms with Gasteiger partial charge >= 0.3 is 0 Å². The third-order valence-electron chi connectivity index (χ3n) is 4.35. The fraction of sp³-hybridized carbons (Fsp3) is 0.333. The van der Waals surface area contributed by atoms with Gasteiger partial charge in [-0.15, -0.1) is 0 Å². The van der Waals surface area contributed by atoms with Crippen LogP contribution < -0.4 is 15.4 Å². The first-order valence-electron chi connectivity index (χ1n) is 8.96. The van der Waals surface area contributed by atoms with Crippen molar-refractivity contribution >= 4 is 28.9 Å². The second-order valence-electron chi connectivity index (χ2n) is 6.34. The summed E-state index contributed by atoms with van der Waals surface area (Å²) in [5.74, 6) is 0.738. The lowest BCUT2D eigenvalue weighted by Crippen LogP contribution is -2.43. The van der Waals surface area contributed by atoms with E-state index < -0.39 is 0 Å². The molecular formula is C21H27N3O2S. The number of rotatable bonds is 7. The van der Waals surface area contributed by atoms with Gasteiger partial charge in [-0.05, 0) is 61.8 Å². The molecule has 2 aromatic rings. The van der Waals surface area contributed by atoms with Crippen molar-refractivity contribution in [1.29, 1.82) is 0 Å². The summed E-state index contributed by atoms with van der Waals surface area (Å²) in [6.07, 6.45) is 0. The van der Waals surface area contributed by atoms with Gasteiger partial charge in [0.15, 0.2) is 5.11 Å². The quantitative estimate of drug-likeness (QED) is 0.713. The molecule has 0 bridgehead atoms. The minimum Gasteiger partial charge on any atom is -0.497 e. The van der Waals surface area contributed by atoms with Crippen LogP contribution in [0.2, 0.25) is 0 Å². The van der Waals surface area contributed by atoms with Crippen LogP contribution in [0.15, 0.2) is 42.5 Å². The molecule has 2 aromatic carbocycles. The molecule has 0 saturated heterocycles. The van der Waals surface area contributed by atoms with Crippen molar-refractivity contribution in [3.05, 3.63) is 59.2 Å². The van der Waals surface area contributed by atoms with Gasteiger partial charge in [-0.25, -0.2) is 0 Å². The zero-order valence-electron chi connectivity index (χ0n) is 16.3. The molecule has 0 fully saturated rings. The number of para-hydroxylation sites is 1. The Balaban J connectivity index is 1.90. The van der Waals surface area contributed by atoms with Crippen LogP contribution in [0.3, 0.4) is 0 Å². The maximum absolute atomic E-state index is 12.5. The molecular weight excluding hydrogens is 358 g/mol. The second kappa shape index (κ2) is 9.92. The molecule has 2 rings (SSSR count). The zero-order valence-corrected chi connectivity index (χ0v) is 17.2. The van der Waals surface area contributed by atoms with Crippen molar-refractivity contribution in [2.45, 2.75) is 27.3 Å². The normalized spacial score (nSPS) is 10.2. The smallest absolute Gasteiger partial charge is 0.243 e. The van der Waals surface area contributed by atoms with Gasteiger partial charge in [0.1, 0.15) is 5.75 Å². The highest BCUT2D eigenvalue weighted by Gasteiger charge is 2.14. The first-order chi connectivity index (χ1) is 12.9. The molecule has 1 amide bonds. The predicted octanol–water partition coefficient (Wildman–Crippen LogP) is 3.65. The molecule has 0 aliphatic carbocycles. The van der Waals surface area contributed by atoms with Gasteiger partial charge in [0.05, 0.1) is 13.7 Å². The Kier molecular flexibility index (Phi) is 7.61. The Morgan fingerprint density at radius 2 is 1.74 bits per heavy atom. The zero-order chi connectivity index (χ0) is 19.8. The van der Waals surface area contributed by atoms with E-state index in [-0.39, 0.29) is 12.5 Å². The number of benzene rings is 2. The molecule has 27 heavy (non-hydrogen) atoms. The van der Waals surface area contributed by atoms with Crippen molar-refractivity contribution in [1.82, 2.24) is 10.2 Å². The third kappa shape index (κ3) is 5.96. The highest BCUT2D eigenvalue weighted by molar-refractivity contribution is 7.80. The Hall–Kier alpha value is -2.60. The average molecular weight is 386 g/mol. The molecule has 0 aromatic heterocycles. The number of likely N-dealkylation sites (N-methyl/N-ethyl adjacent to an activating group) is 1. The fourth-order valence-electron chi connectivity index (χ4n) is 2.72. The van der Waals surface area contributed by atoms with Gasteiger partial charge in [0, 0.05) is 18.8 Å². The number of ether oxygens (including phenoxy) is 1. The van der Waals surface area contributed by atoms with Crippen LogP contribution in [-0.2, 0) is 11.3 Å². The number of carbonyl (C=O) groups excluding carboxylic acids is 1. The Morgan fingerprint density at radius 3 is 2.30 bits per heavy atom. The second-order valence-corrected chi connectivity index (χ2v) is 6.72. The van der Waals surface area contributed by atoms with E-state index in [1.807, 2.05) is 68.1 Å². The van der Waals surface area contributed by atoms with Crippen LogP contribution in [0.25, 0.3) is 0 Å². The van der Waals surface area contributed by atoms with Gasteiger partial charge < -0.3 is 20.3 Å². The SMILES string of the molecule is CCN(CC(=O)Nc1c(C)cccc1C)C(=S)NCc1ccc(OC)cc1. The van der Waals surface area contributed by atoms with E-state index in [1.54, 1.807) is 7.11 Å². The molecule has 5 nitrogen and oxygen atoms in total. The van der Waals surface area contributed by atoms with Crippen molar-refractivity contribution < 1.29 is 9.53 Å². The van der Waals surface area contributed by atoms with Gasteiger partial charge in [0.2, 0.25) is 5.91 Å². The van der Waals surface area contributed by atoms with Crippen molar-refractivity contribution in [3.8, 4) is 5.75 Å². The van der Waals surface area contributed by atoms with Gasteiger partial charge in [0.25, 0.3) is 0 Å². The number of nitrogens with zero attached hydrogens (tertiary/aromatic N) is 1. The number of methoxy groups -OCH3 is 1. The number of nitrogens with one attached hydrogen (secondary N) is 2. The number of hydrogen-bond acceptors (Lipinski definition) is 3. The minimum atomic E-state index is -0.0807. The summed E-state index contributed by atoms with van der Waals surface area (Å²) in [4.78, 5) is 14.3. The Morgan fingerprint density at radius 1 is 1.11 bits per heavy atom. The maximum Gasteiger partial charge on any atom is 0.243 e. The molecule has 0 unspecified atom stereocenters. The number of amides is 1. The van der Waals surface area contributed by atoms with Crippen LogP contribution in [0.5, 0.6) is 5.75 Å². The third-order valence-corrected chi connectivity index (χ3v) is 4.75. The summed E-state index contributed by atoms with van der Waals surface area (Å²) >= 11 is 5.47. The van der Waals surface area contributed by atoms with Crippen molar-refractivity contribution in [2.24, 2.45) is 0 Å². The lowest BCUT2D eigenvalue weighted by Gasteiger charge is -2.24. The molecule has 0 aliphatic heterocycles. The lowest BCUT2D eigenvalue weighted by atomic mass is 10.1. The number of aryl methyl sites for hydroxylation is 2. The fourth-order valence-corrected chi connectivity index (χ4v) is 2.99. The summed E-state index contributed by atoms with van der Waals surface area (Å²) in [5, 5.41) is 6.78. The number of thiocarbonyl (C=S) groups is 1. The first-order valence-corrected chi connectivity index (χ1v) is 9.37. The van der Waals surface area contributed by atoms with Crippen LogP contribution in [-0.4, -0.2) is 36.1 Å². The summed E-state index contributed by atoms with van der Waals surface area (Å²) < 4.78 is 5.16. The van der Waals surface area contributed by atoms with E-state index in [0.29, 0.717) is 18.2 Å². The molecule has 0 spiro atoms. The summed E-state index contributed by atoms with van der Waals surface area (Å²) in [6.45, 7) is 7.40. The Labute approximate surface area is 166 Å². The van der Waals surface area contributed by atoms with Gasteiger partial charge in [-0.3, -0.25) is 4.79 Å². The maximum atomic E-state index is 12.5. The molecule has 0 heterocycles. The summed E-state index contributed by atoms with van der Waals surface area (Å²) in [6, 6.07) is 13.8. The number of carbonyl (C=O) groups is 1. The van der Waals surface area contributed by atoms with Gasteiger partial charge in [-0.1, -0.05) is 30.3 Å². The van der Waals surface area contributed by atoms with E-state index in [2.05, 4.69) is 10.6 Å². The summed E-state index contributed by atoms with van der Waals surface area (Å²) in [7, 11) is 1.64. The van der Waals surface area contributed by atoms with Crippen LogP contribution in [0.4, 0.5) is 5.69 Å². The Bertz CT molecular complexity index is 770. The van der Waals surface area contributed by atoms with E-state index in [1.165, 1.54) is 0 Å². The minimum absolute atomic E-state index is 0.0807. The molecule has 144 valence electrons. The monoisotopic (exact) mass is 385 g/mol. The first kappa shape index (κ1) is 20.7. The van der Waals surface area contributed by atoms with E-state index in [9.17, 15) is 4.79 Å². The summed E-state index contributed by atoms with van der Waals surface area (Å²) in [5.41, 5.74) is 4.06. The van der Waals surface area contributed by atoms with Crippen LogP contribution in [0, 0.1) is 13.8 Å². The molecule has 0 aliphatic rings. The highest BCUT2D eigenvalue weighted by Crippen LogP contribution is 2.19. The van der Waals surface area contributed by atoms with E-state index >= 15 is 0 Å². The molecule has 0 atom stereocenters. The largest absolute Gasteiger partial charge is 0.497 e. The molecule has 0 radical (unpaired) electrons. The van der Waals surface area contributed by atoms with Gasteiger partial charge in [-0.2, -0.15) is 0 Å². The average Bonchev–Trinajstić information content (AvgIpc) is 2.67. The standard InChI is InChI=1S/C21H27N3O2S/c1-5-24(14-19(25)23-20-15(2)7-6-8-16(20)3)21(27)22-13-17-9-11-18(26-4)12-10-17/h6-12H,5,13-14H2,1-4H3,(H,22,27)(H,23,25). The highest BCUT2D eigenvalue weighted by atomic mass is 32.1. The van der Waals surface area contributed by atoms with Crippen LogP contribution >= 0.6 is 12.2 Å². The van der Waals surface area contributed by atoms with E-state index in [4.69, 9.17) is 17.0 Å². The topological polar surface area (TPSA) is 53.6 Å². The number of hydrogen-bond donors (Lipinski definition) is 2. The molecule has 0 saturated carbocycles. The number of anilines is 1. The molecule has 6 heteroatoms. The van der Waals surface area contributed by atoms with Crippen molar-refractivity contribution in [2.75, 3.05) is 25.5 Å². The molecule has 2 N–H and O–H groups in total.